The molecule has 0 radical (unpaired) electrons. The number of hydrogen-bond donors (Lipinski definition) is 0. The van der Waals surface area contributed by atoms with Crippen LogP contribution in [0.2, 0.25) is 0 Å². The van der Waals surface area contributed by atoms with E-state index in [9.17, 15) is 0 Å². The molecular formula is C45H35BrN2. The summed E-state index contributed by atoms with van der Waals surface area (Å²) in [6.07, 6.45) is 0. The summed E-state index contributed by atoms with van der Waals surface area (Å²) in [6, 6.07) is 63.2. The molecule has 0 spiro atoms. The van der Waals surface area contributed by atoms with Gasteiger partial charge in [0.1, 0.15) is 0 Å². The van der Waals surface area contributed by atoms with Crippen LogP contribution < -0.4 is 9.80 Å². The number of hydrogen-bond acceptors (Lipinski definition) is 2. The molecule has 48 heavy (non-hydrogen) atoms. The fourth-order valence-electron chi connectivity index (χ4n) is 7.15. The first-order valence-corrected chi connectivity index (χ1v) is 17.2. The molecular weight excluding hydrogens is 648 g/mol. The predicted octanol–water partition coefficient (Wildman–Crippen LogP) is 13.4. The minimum absolute atomic E-state index is 0.112. The Morgan fingerprint density at radius 2 is 0.875 bits per heavy atom. The van der Waals surface area contributed by atoms with Crippen molar-refractivity contribution in [2.75, 3.05) is 9.80 Å². The van der Waals surface area contributed by atoms with Gasteiger partial charge < -0.3 is 9.80 Å². The van der Waals surface area contributed by atoms with E-state index in [-0.39, 0.29) is 5.41 Å². The Bertz CT molecular complexity index is 2190. The van der Waals surface area contributed by atoms with Crippen molar-refractivity contribution in [1.29, 1.82) is 0 Å². The van der Waals surface area contributed by atoms with E-state index < -0.39 is 0 Å². The first-order chi connectivity index (χ1) is 23.5. The molecule has 0 atom stereocenters. The number of anilines is 6. The largest absolute Gasteiger partial charge is 0.310 e. The van der Waals surface area contributed by atoms with E-state index in [1.807, 2.05) is 0 Å². The van der Waals surface area contributed by atoms with E-state index in [1.165, 1.54) is 33.4 Å². The number of halogens is 1. The van der Waals surface area contributed by atoms with Crippen LogP contribution in [0.25, 0.3) is 22.3 Å². The van der Waals surface area contributed by atoms with Gasteiger partial charge in [0.25, 0.3) is 0 Å². The second-order valence-corrected chi connectivity index (χ2v) is 13.7. The minimum atomic E-state index is -0.112. The van der Waals surface area contributed by atoms with Crippen LogP contribution >= 0.6 is 15.9 Å². The summed E-state index contributed by atoms with van der Waals surface area (Å²) in [4.78, 5) is 4.71. The summed E-state index contributed by atoms with van der Waals surface area (Å²) in [7, 11) is 0. The second kappa shape index (κ2) is 12.3. The Morgan fingerprint density at radius 1 is 0.375 bits per heavy atom. The van der Waals surface area contributed by atoms with Gasteiger partial charge in [-0.05, 0) is 100 Å². The van der Waals surface area contributed by atoms with E-state index in [0.29, 0.717) is 0 Å². The summed E-state index contributed by atoms with van der Waals surface area (Å²) in [5, 5.41) is 0. The molecule has 3 heteroatoms. The zero-order valence-electron chi connectivity index (χ0n) is 27.0. The van der Waals surface area contributed by atoms with Crippen LogP contribution in [-0.2, 0) is 5.41 Å². The summed E-state index contributed by atoms with van der Waals surface area (Å²) >= 11 is 3.93. The highest BCUT2D eigenvalue weighted by Crippen LogP contribution is 2.51. The lowest BCUT2D eigenvalue weighted by atomic mass is 9.82. The topological polar surface area (TPSA) is 6.48 Å². The maximum atomic E-state index is 3.93. The average molecular weight is 684 g/mol. The molecule has 0 saturated heterocycles. The van der Waals surface area contributed by atoms with Gasteiger partial charge in [0.15, 0.2) is 0 Å². The summed E-state index contributed by atoms with van der Waals surface area (Å²) in [6.45, 7) is 4.69. The fourth-order valence-corrected chi connectivity index (χ4v) is 7.62. The molecule has 0 fully saturated rings. The van der Waals surface area contributed by atoms with Crippen molar-refractivity contribution in [1.82, 2.24) is 0 Å². The van der Waals surface area contributed by atoms with E-state index in [2.05, 4.69) is 216 Å². The summed E-state index contributed by atoms with van der Waals surface area (Å²) < 4.78 is 1.00. The van der Waals surface area contributed by atoms with Gasteiger partial charge in [-0.3, -0.25) is 0 Å². The third-order valence-corrected chi connectivity index (χ3v) is 9.91. The van der Waals surface area contributed by atoms with Gasteiger partial charge >= 0.3 is 0 Å². The Hall–Kier alpha value is -5.38. The van der Waals surface area contributed by atoms with Crippen LogP contribution in [0.3, 0.4) is 0 Å². The van der Waals surface area contributed by atoms with Crippen LogP contribution in [-0.4, -0.2) is 0 Å². The van der Waals surface area contributed by atoms with E-state index >= 15 is 0 Å². The highest BCUT2D eigenvalue weighted by atomic mass is 79.9. The lowest BCUT2D eigenvalue weighted by Gasteiger charge is -2.31. The molecule has 7 aromatic rings. The van der Waals surface area contributed by atoms with Crippen molar-refractivity contribution < 1.29 is 0 Å². The quantitative estimate of drug-likeness (QED) is 0.165. The standard InChI is InChI=1S/C45H35BrN2/c1-45(2)43-24-13-12-23-41(43)42-26-25-38(31-44(42)45)48(37-22-14-17-33(27-37)32-15-6-3-7-16-32)40-29-34(46)28-39(30-40)47(35-18-8-4-9-19-35)36-20-10-5-11-21-36/h3-31H,1-2H3. The predicted molar refractivity (Wildman–Crippen MR) is 207 cm³/mol. The highest BCUT2D eigenvalue weighted by molar-refractivity contribution is 9.10. The van der Waals surface area contributed by atoms with Crippen molar-refractivity contribution in [3.05, 3.63) is 192 Å². The third-order valence-electron chi connectivity index (χ3n) is 9.45. The summed E-state index contributed by atoms with van der Waals surface area (Å²) in [5.74, 6) is 0. The monoisotopic (exact) mass is 682 g/mol. The van der Waals surface area contributed by atoms with Gasteiger partial charge in [0.2, 0.25) is 0 Å². The van der Waals surface area contributed by atoms with Crippen molar-refractivity contribution in [2.45, 2.75) is 19.3 Å². The first kappa shape index (κ1) is 30.0. The second-order valence-electron chi connectivity index (χ2n) is 12.8. The van der Waals surface area contributed by atoms with Gasteiger partial charge in [-0.2, -0.15) is 0 Å². The van der Waals surface area contributed by atoms with E-state index in [1.54, 1.807) is 0 Å². The maximum Gasteiger partial charge on any atom is 0.0493 e. The van der Waals surface area contributed by atoms with Gasteiger partial charge in [-0.25, -0.2) is 0 Å². The molecule has 0 heterocycles. The molecule has 0 aliphatic heterocycles. The Balaban J connectivity index is 1.33. The van der Waals surface area contributed by atoms with Crippen molar-refractivity contribution in [2.24, 2.45) is 0 Å². The number of para-hydroxylation sites is 2. The lowest BCUT2D eigenvalue weighted by molar-refractivity contribution is 0.660. The number of fused-ring (bicyclic) bond motifs is 3. The molecule has 0 aromatic heterocycles. The Morgan fingerprint density at radius 3 is 1.54 bits per heavy atom. The normalized spacial score (nSPS) is 12.6. The van der Waals surface area contributed by atoms with Gasteiger partial charge in [0.05, 0.1) is 0 Å². The summed E-state index contributed by atoms with van der Waals surface area (Å²) in [5.41, 5.74) is 14.2. The van der Waals surface area contributed by atoms with E-state index in [4.69, 9.17) is 0 Å². The number of benzene rings is 7. The van der Waals surface area contributed by atoms with E-state index in [0.717, 1.165) is 38.6 Å². The van der Waals surface area contributed by atoms with Crippen LogP contribution in [0.4, 0.5) is 34.1 Å². The number of rotatable bonds is 7. The molecule has 0 saturated carbocycles. The van der Waals surface area contributed by atoms with Crippen LogP contribution in [0.1, 0.15) is 25.0 Å². The first-order valence-electron chi connectivity index (χ1n) is 16.4. The van der Waals surface area contributed by atoms with Crippen molar-refractivity contribution in [3.8, 4) is 22.3 Å². The fraction of sp³-hybridized carbons (Fsp3) is 0.0667. The van der Waals surface area contributed by atoms with Crippen LogP contribution in [0.5, 0.6) is 0 Å². The molecule has 1 aliphatic rings. The SMILES string of the molecule is CC1(C)c2ccccc2-c2ccc(N(c3cccc(-c4ccccc4)c3)c3cc(Br)cc(N(c4ccccc4)c4ccccc4)c3)cc21. The zero-order chi connectivity index (χ0) is 32.7. The van der Waals surface area contributed by atoms with Crippen LogP contribution in [0, 0.1) is 0 Å². The minimum Gasteiger partial charge on any atom is -0.310 e. The number of nitrogens with zero attached hydrogens (tertiary/aromatic N) is 2. The van der Waals surface area contributed by atoms with Crippen molar-refractivity contribution in [3.63, 3.8) is 0 Å². The highest BCUT2D eigenvalue weighted by Gasteiger charge is 2.35. The maximum absolute atomic E-state index is 3.93. The third kappa shape index (κ3) is 5.40. The Kier molecular flexibility index (Phi) is 7.70. The molecule has 2 nitrogen and oxygen atoms in total. The molecule has 7 aromatic carbocycles. The molecule has 0 amide bonds. The van der Waals surface area contributed by atoms with Crippen molar-refractivity contribution >= 4 is 50.1 Å². The van der Waals surface area contributed by atoms with Gasteiger partial charge in [0, 0.05) is 44.0 Å². The molecule has 0 bridgehead atoms. The molecule has 8 rings (SSSR count). The van der Waals surface area contributed by atoms with Gasteiger partial charge in [-0.1, -0.05) is 139 Å². The molecule has 232 valence electrons. The molecule has 1 aliphatic carbocycles. The van der Waals surface area contributed by atoms with Crippen LogP contribution in [0.15, 0.2) is 180 Å². The lowest BCUT2D eigenvalue weighted by Crippen LogP contribution is -2.17. The van der Waals surface area contributed by atoms with Gasteiger partial charge in [-0.15, -0.1) is 0 Å². The smallest absolute Gasteiger partial charge is 0.0493 e. The molecule has 0 N–H and O–H groups in total. The average Bonchev–Trinajstić information content (AvgIpc) is 3.35. The Labute approximate surface area is 291 Å². The molecule has 0 unspecified atom stereocenters. The zero-order valence-corrected chi connectivity index (χ0v) is 28.6.